The number of aldehydes is 1. The topological polar surface area (TPSA) is 55.9 Å². The summed E-state index contributed by atoms with van der Waals surface area (Å²) in [7, 11) is 0. The molecule has 0 unspecified atom stereocenters. The molecule has 4 heteroatoms. The first-order chi connectivity index (χ1) is 9.87. The van der Waals surface area contributed by atoms with Gasteiger partial charge in [0.15, 0.2) is 0 Å². The first-order valence-corrected chi connectivity index (χ1v) is 7.88. The maximum Gasteiger partial charge on any atom is 0.302 e. The van der Waals surface area contributed by atoms with Gasteiger partial charge in [-0.25, -0.2) is 0 Å². The zero-order chi connectivity index (χ0) is 15.3. The molecule has 0 radical (unpaired) electrons. The fraction of sp³-hybridized carbons (Fsp3) is 0.765. The van der Waals surface area contributed by atoms with Crippen LogP contribution in [0, 0.1) is 11.3 Å². The minimum atomic E-state index is -0.222. The number of hydrogen-bond acceptors (Lipinski definition) is 4. The highest BCUT2D eigenvalue weighted by atomic mass is 16.6. The summed E-state index contributed by atoms with van der Waals surface area (Å²) in [5.41, 5.74) is 0.743. The molecule has 2 aliphatic carbocycles. The van der Waals surface area contributed by atoms with E-state index < -0.39 is 0 Å². The molecule has 5 atom stereocenters. The van der Waals surface area contributed by atoms with Crippen molar-refractivity contribution in [1.29, 1.82) is 0 Å². The quantitative estimate of drug-likeness (QED) is 0.446. The number of esters is 1. The standard InChI is InChI=1S/C17H24O4/c1-11(19)20-14-6-7-17(3)15(21-17)5-4-12(10-18)8-13-9-16(13,14)2/h8,10,13-15H,4-7,9H2,1-3H3/b12-8+/t13-,14-,15+,16-,17+/m1/s1. The number of carbonyl (C=O) groups excluding carboxylic acids is 2. The van der Waals surface area contributed by atoms with Gasteiger partial charge in [-0.1, -0.05) is 13.0 Å². The Balaban J connectivity index is 1.82. The van der Waals surface area contributed by atoms with Crippen molar-refractivity contribution in [2.24, 2.45) is 11.3 Å². The highest BCUT2D eigenvalue weighted by molar-refractivity contribution is 5.73. The van der Waals surface area contributed by atoms with Gasteiger partial charge in [0.1, 0.15) is 12.4 Å². The smallest absolute Gasteiger partial charge is 0.302 e. The first kappa shape index (κ1) is 14.8. The van der Waals surface area contributed by atoms with E-state index in [-0.39, 0.29) is 29.2 Å². The van der Waals surface area contributed by atoms with Crippen LogP contribution in [0.4, 0.5) is 0 Å². The lowest BCUT2D eigenvalue weighted by Gasteiger charge is -2.25. The second-order valence-corrected chi connectivity index (χ2v) is 7.27. The van der Waals surface area contributed by atoms with Gasteiger partial charge < -0.3 is 9.47 Å². The number of epoxide rings is 1. The highest BCUT2D eigenvalue weighted by Gasteiger charge is 2.58. The largest absolute Gasteiger partial charge is 0.462 e. The van der Waals surface area contributed by atoms with Crippen LogP contribution in [0.5, 0.6) is 0 Å². The van der Waals surface area contributed by atoms with Crippen LogP contribution in [0.15, 0.2) is 11.6 Å². The van der Waals surface area contributed by atoms with Crippen molar-refractivity contribution in [3.63, 3.8) is 0 Å². The zero-order valence-corrected chi connectivity index (χ0v) is 13.1. The Morgan fingerprint density at radius 3 is 2.86 bits per heavy atom. The van der Waals surface area contributed by atoms with Crippen molar-refractivity contribution in [3.05, 3.63) is 11.6 Å². The van der Waals surface area contributed by atoms with Crippen molar-refractivity contribution < 1.29 is 19.1 Å². The van der Waals surface area contributed by atoms with E-state index in [4.69, 9.17) is 9.47 Å². The summed E-state index contributed by atoms with van der Waals surface area (Å²) in [6.07, 6.45) is 7.65. The van der Waals surface area contributed by atoms with Gasteiger partial charge in [-0.2, -0.15) is 0 Å². The molecule has 116 valence electrons. The van der Waals surface area contributed by atoms with E-state index in [9.17, 15) is 9.59 Å². The molecule has 1 aliphatic heterocycles. The molecule has 1 saturated carbocycles. The van der Waals surface area contributed by atoms with Crippen molar-refractivity contribution in [1.82, 2.24) is 0 Å². The molecule has 0 aromatic carbocycles. The van der Waals surface area contributed by atoms with Crippen LogP contribution in [-0.4, -0.2) is 30.1 Å². The van der Waals surface area contributed by atoms with Crippen molar-refractivity contribution in [2.45, 2.75) is 70.7 Å². The van der Waals surface area contributed by atoms with E-state index in [1.165, 1.54) is 6.92 Å². The number of rotatable bonds is 2. The van der Waals surface area contributed by atoms with Crippen LogP contribution < -0.4 is 0 Å². The van der Waals surface area contributed by atoms with Gasteiger partial charge in [0.05, 0.1) is 11.7 Å². The Bertz CT molecular complexity index is 497. The van der Waals surface area contributed by atoms with Gasteiger partial charge >= 0.3 is 5.97 Å². The number of ether oxygens (including phenoxy) is 2. The van der Waals surface area contributed by atoms with Crippen molar-refractivity contribution in [3.8, 4) is 0 Å². The molecule has 21 heavy (non-hydrogen) atoms. The summed E-state index contributed by atoms with van der Waals surface area (Å²) in [4.78, 5) is 22.6. The summed E-state index contributed by atoms with van der Waals surface area (Å²) in [5.74, 6) is 0.130. The lowest BCUT2D eigenvalue weighted by atomic mass is 9.90. The minimum Gasteiger partial charge on any atom is -0.462 e. The molecule has 4 nitrogen and oxygen atoms in total. The van der Waals surface area contributed by atoms with Crippen molar-refractivity contribution in [2.75, 3.05) is 0 Å². The van der Waals surface area contributed by atoms with Crippen LogP contribution >= 0.6 is 0 Å². The molecule has 0 aromatic heterocycles. The lowest BCUT2D eigenvalue weighted by Crippen LogP contribution is -2.28. The lowest BCUT2D eigenvalue weighted by molar-refractivity contribution is -0.150. The van der Waals surface area contributed by atoms with Gasteiger partial charge in [0, 0.05) is 12.3 Å². The summed E-state index contributed by atoms with van der Waals surface area (Å²) in [5, 5.41) is 0. The third-order valence-corrected chi connectivity index (χ3v) is 5.59. The van der Waals surface area contributed by atoms with Crippen LogP contribution in [0.2, 0.25) is 0 Å². The Kier molecular flexibility index (Phi) is 3.47. The molecule has 0 spiro atoms. The zero-order valence-electron chi connectivity index (χ0n) is 13.1. The van der Waals surface area contributed by atoms with Crippen molar-refractivity contribution >= 4 is 12.3 Å². The predicted octanol–water partition coefficient (Wildman–Crippen LogP) is 2.80. The second-order valence-electron chi connectivity index (χ2n) is 7.27. The third-order valence-electron chi connectivity index (χ3n) is 5.59. The van der Waals surface area contributed by atoms with E-state index in [2.05, 4.69) is 19.9 Å². The average molecular weight is 292 g/mol. The first-order valence-electron chi connectivity index (χ1n) is 7.88. The van der Waals surface area contributed by atoms with Gasteiger partial charge in [-0.05, 0) is 50.5 Å². The maximum atomic E-state index is 11.4. The van der Waals surface area contributed by atoms with E-state index in [0.29, 0.717) is 5.92 Å². The van der Waals surface area contributed by atoms with E-state index in [0.717, 1.165) is 44.0 Å². The fourth-order valence-electron chi connectivity index (χ4n) is 3.79. The molecule has 0 bridgehead atoms. The number of allylic oxidation sites excluding steroid dienone is 2. The molecule has 2 fully saturated rings. The van der Waals surface area contributed by atoms with E-state index in [1.54, 1.807) is 0 Å². The molecular weight excluding hydrogens is 268 g/mol. The SMILES string of the molecule is CC(=O)O[C@@H]1CC[C@]2(C)O[C@H]2CC/C(C=O)=C\[C@@H]2C[C@]21C. The highest BCUT2D eigenvalue weighted by Crippen LogP contribution is 2.59. The van der Waals surface area contributed by atoms with Gasteiger partial charge in [-0.15, -0.1) is 0 Å². The second kappa shape index (κ2) is 4.94. The Morgan fingerprint density at radius 1 is 1.43 bits per heavy atom. The molecule has 0 amide bonds. The predicted molar refractivity (Wildman–Crippen MR) is 77.7 cm³/mol. The monoisotopic (exact) mass is 292 g/mol. The molecule has 3 aliphatic rings. The Morgan fingerprint density at radius 2 is 2.19 bits per heavy atom. The molecule has 1 saturated heterocycles. The molecule has 0 N–H and O–H groups in total. The third kappa shape index (κ3) is 2.78. The number of hydrogen-bond donors (Lipinski definition) is 0. The van der Waals surface area contributed by atoms with Gasteiger partial charge in [0.2, 0.25) is 0 Å². The van der Waals surface area contributed by atoms with Crippen LogP contribution in [-0.2, 0) is 19.1 Å². The average Bonchev–Trinajstić information content (AvgIpc) is 3.26. The van der Waals surface area contributed by atoms with Crippen LogP contribution in [0.3, 0.4) is 0 Å². The molecular formula is C17H24O4. The molecule has 3 rings (SSSR count). The maximum absolute atomic E-state index is 11.4. The van der Waals surface area contributed by atoms with E-state index in [1.807, 2.05) is 0 Å². The Labute approximate surface area is 125 Å². The summed E-state index contributed by atoms with van der Waals surface area (Å²) < 4.78 is 11.4. The van der Waals surface area contributed by atoms with Gasteiger partial charge in [0.25, 0.3) is 0 Å². The minimum absolute atomic E-state index is 0.0228. The summed E-state index contributed by atoms with van der Waals surface area (Å²) >= 11 is 0. The van der Waals surface area contributed by atoms with Crippen LogP contribution in [0.1, 0.15) is 52.9 Å². The summed E-state index contributed by atoms with van der Waals surface area (Å²) in [6.45, 7) is 5.75. The molecule has 0 aromatic rings. The number of fused-ring (bicyclic) bond motifs is 2. The van der Waals surface area contributed by atoms with Crippen LogP contribution in [0.25, 0.3) is 0 Å². The fourth-order valence-corrected chi connectivity index (χ4v) is 3.79. The van der Waals surface area contributed by atoms with Gasteiger partial charge in [-0.3, -0.25) is 9.59 Å². The Hall–Kier alpha value is -1.16. The summed E-state index contributed by atoms with van der Waals surface area (Å²) in [6, 6.07) is 0. The molecule has 1 heterocycles. The van der Waals surface area contributed by atoms with E-state index >= 15 is 0 Å². The number of carbonyl (C=O) groups is 2. The normalized spacial score (nSPS) is 47.8.